The Morgan fingerprint density at radius 2 is 2.29 bits per heavy atom. The molecule has 2 unspecified atom stereocenters. The van der Waals surface area contributed by atoms with Gasteiger partial charge in [-0.3, -0.25) is 0 Å². The fraction of sp³-hybridized carbons (Fsp3) is 0.643. The van der Waals surface area contributed by atoms with E-state index in [2.05, 4.69) is 34.7 Å². The molecule has 1 aromatic rings. The highest BCUT2D eigenvalue weighted by atomic mass is 15.0. The fourth-order valence-electron chi connectivity index (χ4n) is 2.69. The van der Waals surface area contributed by atoms with Crippen LogP contribution in [-0.2, 0) is 0 Å². The van der Waals surface area contributed by atoms with Gasteiger partial charge >= 0.3 is 0 Å². The molecule has 17 heavy (non-hydrogen) atoms. The van der Waals surface area contributed by atoms with Crippen molar-refractivity contribution in [2.24, 2.45) is 5.92 Å². The number of pyridine rings is 1. The lowest BCUT2D eigenvalue weighted by molar-refractivity contribution is 0.327. The molecule has 1 aromatic heterocycles. The smallest absolute Gasteiger partial charge is 0.127 e. The van der Waals surface area contributed by atoms with Crippen LogP contribution in [0, 0.1) is 5.92 Å². The Hall–Kier alpha value is -1.25. The summed E-state index contributed by atoms with van der Waals surface area (Å²) in [5.74, 6) is 1.84. The summed E-state index contributed by atoms with van der Waals surface area (Å²) in [4.78, 5) is 4.23. The monoisotopic (exact) mass is 233 g/mol. The van der Waals surface area contributed by atoms with E-state index in [0.29, 0.717) is 6.04 Å². The second-order valence-electron chi connectivity index (χ2n) is 4.96. The number of rotatable bonds is 4. The van der Waals surface area contributed by atoms with Crippen LogP contribution in [-0.4, -0.2) is 18.1 Å². The number of hydrogen-bond donors (Lipinski definition) is 2. The van der Waals surface area contributed by atoms with E-state index in [-0.39, 0.29) is 0 Å². The lowest BCUT2D eigenvalue weighted by Crippen LogP contribution is -2.27. The van der Waals surface area contributed by atoms with E-state index in [1.165, 1.54) is 37.8 Å². The SMILES string of the molecule is CCC1CCCC(Nc2ccnc(NC)c2)C1. The van der Waals surface area contributed by atoms with E-state index in [1.807, 2.05) is 13.2 Å². The first-order valence-corrected chi connectivity index (χ1v) is 6.72. The molecule has 2 N–H and O–H groups in total. The van der Waals surface area contributed by atoms with Gasteiger partial charge in [-0.2, -0.15) is 0 Å². The summed E-state index contributed by atoms with van der Waals surface area (Å²) in [6.07, 6.45) is 8.55. The lowest BCUT2D eigenvalue weighted by Gasteiger charge is -2.29. The van der Waals surface area contributed by atoms with Crippen molar-refractivity contribution in [1.29, 1.82) is 0 Å². The van der Waals surface area contributed by atoms with Gasteiger partial charge in [-0.15, -0.1) is 0 Å². The van der Waals surface area contributed by atoms with Gasteiger partial charge in [0.15, 0.2) is 0 Å². The second kappa shape index (κ2) is 5.89. The van der Waals surface area contributed by atoms with Crippen molar-refractivity contribution < 1.29 is 0 Å². The van der Waals surface area contributed by atoms with Crippen molar-refractivity contribution >= 4 is 11.5 Å². The van der Waals surface area contributed by atoms with E-state index < -0.39 is 0 Å². The molecule has 2 rings (SSSR count). The third-order valence-corrected chi connectivity index (χ3v) is 3.75. The summed E-state index contributed by atoms with van der Waals surface area (Å²) in [7, 11) is 1.90. The van der Waals surface area contributed by atoms with Crippen molar-refractivity contribution in [1.82, 2.24) is 4.98 Å². The van der Waals surface area contributed by atoms with E-state index in [1.54, 1.807) is 0 Å². The summed E-state index contributed by atoms with van der Waals surface area (Å²) >= 11 is 0. The average Bonchev–Trinajstić information content (AvgIpc) is 2.39. The van der Waals surface area contributed by atoms with Gasteiger partial charge in [0.25, 0.3) is 0 Å². The highest BCUT2D eigenvalue weighted by Crippen LogP contribution is 2.28. The highest BCUT2D eigenvalue weighted by Gasteiger charge is 2.20. The van der Waals surface area contributed by atoms with Crippen LogP contribution in [0.2, 0.25) is 0 Å². The first-order valence-electron chi connectivity index (χ1n) is 6.72. The van der Waals surface area contributed by atoms with Crippen molar-refractivity contribution in [2.75, 3.05) is 17.7 Å². The minimum Gasteiger partial charge on any atom is -0.382 e. The van der Waals surface area contributed by atoms with Gasteiger partial charge in [-0.25, -0.2) is 4.98 Å². The summed E-state index contributed by atoms with van der Waals surface area (Å²) in [6, 6.07) is 4.77. The largest absolute Gasteiger partial charge is 0.382 e. The fourth-order valence-corrected chi connectivity index (χ4v) is 2.69. The van der Waals surface area contributed by atoms with Crippen molar-refractivity contribution in [3.63, 3.8) is 0 Å². The normalized spacial score (nSPS) is 24.4. The van der Waals surface area contributed by atoms with E-state index in [4.69, 9.17) is 0 Å². The second-order valence-corrected chi connectivity index (χ2v) is 4.96. The maximum absolute atomic E-state index is 4.23. The zero-order valence-corrected chi connectivity index (χ0v) is 10.9. The molecule has 3 nitrogen and oxygen atoms in total. The maximum Gasteiger partial charge on any atom is 0.127 e. The van der Waals surface area contributed by atoms with Crippen molar-refractivity contribution in [3.8, 4) is 0 Å². The Labute approximate surface area is 104 Å². The third-order valence-electron chi connectivity index (χ3n) is 3.75. The molecule has 1 fully saturated rings. The quantitative estimate of drug-likeness (QED) is 0.835. The number of nitrogens with one attached hydrogen (secondary N) is 2. The summed E-state index contributed by atoms with van der Waals surface area (Å²) < 4.78 is 0. The maximum atomic E-state index is 4.23. The minimum atomic E-state index is 0.640. The Morgan fingerprint density at radius 1 is 1.41 bits per heavy atom. The molecule has 0 aromatic carbocycles. The topological polar surface area (TPSA) is 37.0 Å². The van der Waals surface area contributed by atoms with E-state index in [0.717, 1.165) is 11.7 Å². The number of hydrogen-bond acceptors (Lipinski definition) is 3. The van der Waals surface area contributed by atoms with E-state index >= 15 is 0 Å². The Kier molecular flexibility index (Phi) is 4.24. The predicted octanol–water partition coefficient (Wildman–Crippen LogP) is 3.50. The Morgan fingerprint density at radius 3 is 3.06 bits per heavy atom. The molecule has 1 heterocycles. The molecule has 94 valence electrons. The molecule has 2 atom stereocenters. The van der Waals surface area contributed by atoms with Gasteiger partial charge in [-0.05, 0) is 24.8 Å². The van der Waals surface area contributed by atoms with Crippen molar-refractivity contribution in [2.45, 2.75) is 45.1 Å². The van der Waals surface area contributed by atoms with Gasteiger partial charge in [-0.1, -0.05) is 26.2 Å². The van der Waals surface area contributed by atoms with Crippen LogP contribution in [0.25, 0.3) is 0 Å². The van der Waals surface area contributed by atoms with Gasteiger partial charge in [0.05, 0.1) is 0 Å². The van der Waals surface area contributed by atoms with Crippen LogP contribution in [0.4, 0.5) is 11.5 Å². The average molecular weight is 233 g/mol. The Balaban J connectivity index is 1.95. The summed E-state index contributed by atoms with van der Waals surface area (Å²) in [6.45, 7) is 2.30. The third kappa shape index (κ3) is 3.35. The molecule has 1 saturated carbocycles. The summed E-state index contributed by atoms with van der Waals surface area (Å²) in [5, 5.41) is 6.71. The predicted molar refractivity (Wildman–Crippen MR) is 73.4 cm³/mol. The molecule has 0 saturated heterocycles. The van der Waals surface area contributed by atoms with Gasteiger partial charge < -0.3 is 10.6 Å². The molecule has 0 amide bonds. The Bertz CT molecular complexity index is 351. The number of anilines is 2. The molecule has 3 heteroatoms. The van der Waals surface area contributed by atoms with Crippen LogP contribution in [0.1, 0.15) is 39.0 Å². The highest BCUT2D eigenvalue weighted by molar-refractivity contribution is 5.52. The molecule has 0 spiro atoms. The van der Waals surface area contributed by atoms with Crippen LogP contribution in [0.15, 0.2) is 18.3 Å². The zero-order valence-electron chi connectivity index (χ0n) is 10.9. The van der Waals surface area contributed by atoms with Crippen LogP contribution in [0.3, 0.4) is 0 Å². The van der Waals surface area contributed by atoms with Crippen LogP contribution in [0.5, 0.6) is 0 Å². The molecule has 0 aliphatic heterocycles. The molecule has 0 bridgehead atoms. The molecule has 0 radical (unpaired) electrons. The number of nitrogens with zero attached hydrogens (tertiary/aromatic N) is 1. The molecular weight excluding hydrogens is 210 g/mol. The van der Waals surface area contributed by atoms with Gasteiger partial charge in [0, 0.05) is 31.0 Å². The van der Waals surface area contributed by atoms with Gasteiger partial charge in [0.2, 0.25) is 0 Å². The lowest BCUT2D eigenvalue weighted by atomic mass is 9.84. The number of aromatic nitrogens is 1. The van der Waals surface area contributed by atoms with E-state index in [9.17, 15) is 0 Å². The first kappa shape index (κ1) is 12.2. The summed E-state index contributed by atoms with van der Waals surface area (Å²) in [5.41, 5.74) is 1.19. The standard InChI is InChI=1S/C14H23N3/c1-3-11-5-4-6-12(9-11)17-13-7-8-16-14(10-13)15-2/h7-8,10-12H,3-6,9H2,1-2H3,(H2,15,16,17). The zero-order chi connectivity index (χ0) is 12.1. The molecule has 1 aliphatic rings. The minimum absolute atomic E-state index is 0.640. The van der Waals surface area contributed by atoms with Gasteiger partial charge in [0.1, 0.15) is 5.82 Å². The van der Waals surface area contributed by atoms with Crippen LogP contribution >= 0.6 is 0 Å². The van der Waals surface area contributed by atoms with Crippen LogP contribution < -0.4 is 10.6 Å². The first-order chi connectivity index (χ1) is 8.31. The molecular formula is C14H23N3. The molecule has 1 aliphatic carbocycles. The van der Waals surface area contributed by atoms with Crippen molar-refractivity contribution in [3.05, 3.63) is 18.3 Å².